The number of nitrogens with one attached hydrogen (secondary N) is 1. The van der Waals surface area contributed by atoms with Crippen LogP contribution >= 0.6 is 11.6 Å². The van der Waals surface area contributed by atoms with E-state index < -0.39 is 0 Å². The lowest BCUT2D eigenvalue weighted by atomic mass is 10.1. The Kier molecular flexibility index (Phi) is 3.25. The molecule has 2 aromatic carbocycles. The highest BCUT2D eigenvalue weighted by molar-refractivity contribution is 6.31. The molecule has 0 amide bonds. The monoisotopic (exact) mass is 246 g/mol. The number of benzene rings is 2. The van der Waals surface area contributed by atoms with Crippen LogP contribution in [0.5, 0.6) is 0 Å². The maximum atomic E-state index is 5.89. The average Bonchev–Trinajstić information content (AvgIpc) is 2.27. The minimum Gasteiger partial charge on any atom is -0.397 e. The molecule has 0 unspecified atom stereocenters. The summed E-state index contributed by atoms with van der Waals surface area (Å²) in [5.74, 6) is 0. The quantitative estimate of drug-likeness (QED) is 0.776. The highest BCUT2D eigenvalue weighted by atomic mass is 35.5. The van der Waals surface area contributed by atoms with Crippen LogP contribution in [0.25, 0.3) is 0 Å². The second-order valence-corrected chi connectivity index (χ2v) is 4.59. The summed E-state index contributed by atoms with van der Waals surface area (Å²) in [5.41, 5.74) is 11.0. The van der Waals surface area contributed by atoms with Crippen molar-refractivity contribution in [2.24, 2.45) is 0 Å². The zero-order valence-corrected chi connectivity index (χ0v) is 10.7. The summed E-state index contributed by atoms with van der Waals surface area (Å²) in [6.07, 6.45) is 0. The molecule has 0 aliphatic carbocycles. The molecule has 17 heavy (non-hydrogen) atoms. The first-order chi connectivity index (χ1) is 8.06. The fourth-order valence-electron chi connectivity index (χ4n) is 1.62. The van der Waals surface area contributed by atoms with Crippen molar-refractivity contribution in [2.75, 3.05) is 11.1 Å². The predicted octanol–water partition coefficient (Wildman–Crippen LogP) is 4.28. The van der Waals surface area contributed by atoms with Gasteiger partial charge in [-0.15, -0.1) is 0 Å². The number of hydrogen-bond donors (Lipinski definition) is 2. The summed E-state index contributed by atoms with van der Waals surface area (Å²) in [7, 11) is 0. The van der Waals surface area contributed by atoms with Gasteiger partial charge in [-0.3, -0.25) is 0 Å². The van der Waals surface area contributed by atoms with Crippen LogP contribution in [0.3, 0.4) is 0 Å². The minimum absolute atomic E-state index is 0.646. The molecule has 0 radical (unpaired) electrons. The number of nitrogen functional groups attached to an aromatic ring is 1. The average molecular weight is 247 g/mol. The summed E-state index contributed by atoms with van der Waals surface area (Å²) < 4.78 is 0. The van der Waals surface area contributed by atoms with Gasteiger partial charge in [0.25, 0.3) is 0 Å². The third-order valence-corrected chi connectivity index (χ3v) is 3.03. The molecule has 2 aromatic rings. The largest absolute Gasteiger partial charge is 0.397 e. The van der Waals surface area contributed by atoms with Gasteiger partial charge in [0, 0.05) is 10.7 Å². The van der Waals surface area contributed by atoms with Gasteiger partial charge in [0.15, 0.2) is 0 Å². The van der Waals surface area contributed by atoms with E-state index in [4.69, 9.17) is 17.3 Å². The van der Waals surface area contributed by atoms with Gasteiger partial charge < -0.3 is 11.1 Å². The van der Waals surface area contributed by atoms with Crippen molar-refractivity contribution >= 4 is 28.7 Å². The topological polar surface area (TPSA) is 38.0 Å². The van der Waals surface area contributed by atoms with Crippen molar-refractivity contribution in [1.29, 1.82) is 0 Å². The molecule has 0 bridgehead atoms. The molecule has 0 spiro atoms. The third-order valence-electron chi connectivity index (χ3n) is 2.80. The zero-order chi connectivity index (χ0) is 12.4. The van der Waals surface area contributed by atoms with Gasteiger partial charge in [-0.25, -0.2) is 0 Å². The molecule has 0 aliphatic heterocycles. The molecule has 0 aromatic heterocycles. The Hall–Kier alpha value is -1.67. The molecule has 0 fully saturated rings. The van der Waals surface area contributed by atoms with Gasteiger partial charge >= 0.3 is 0 Å². The summed E-state index contributed by atoms with van der Waals surface area (Å²) in [4.78, 5) is 0. The predicted molar refractivity (Wildman–Crippen MR) is 75.1 cm³/mol. The number of aryl methyl sites for hydroxylation is 2. The number of nitrogens with two attached hydrogens (primary N) is 1. The Morgan fingerprint density at radius 1 is 1.00 bits per heavy atom. The molecule has 2 nitrogen and oxygen atoms in total. The van der Waals surface area contributed by atoms with Crippen molar-refractivity contribution in [3.8, 4) is 0 Å². The van der Waals surface area contributed by atoms with E-state index in [1.165, 1.54) is 11.1 Å². The maximum Gasteiger partial charge on any atom is 0.0618 e. The van der Waals surface area contributed by atoms with Crippen molar-refractivity contribution in [2.45, 2.75) is 13.8 Å². The van der Waals surface area contributed by atoms with E-state index in [2.05, 4.69) is 31.3 Å². The molecule has 88 valence electrons. The second-order valence-electron chi connectivity index (χ2n) is 4.16. The molecule has 0 aliphatic rings. The molecule has 0 heterocycles. The fourth-order valence-corrected chi connectivity index (χ4v) is 1.80. The van der Waals surface area contributed by atoms with E-state index in [9.17, 15) is 0 Å². The SMILES string of the molecule is Cc1ccc(Nc2ccc(Cl)cc2N)cc1C. The highest BCUT2D eigenvalue weighted by Gasteiger charge is 2.01. The number of anilines is 3. The van der Waals surface area contributed by atoms with E-state index in [-0.39, 0.29) is 0 Å². The molecule has 2 rings (SSSR count). The minimum atomic E-state index is 0.646. The normalized spacial score (nSPS) is 10.3. The first kappa shape index (κ1) is 11.8. The third kappa shape index (κ3) is 2.71. The maximum absolute atomic E-state index is 5.89. The van der Waals surface area contributed by atoms with Crippen LogP contribution < -0.4 is 11.1 Å². The lowest BCUT2D eigenvalue weighted by Crippen LogP contribution is -1.96. The second kappa shape index (κ2) is 4.68. The van der Waals surface area contributed by atoms with Gasteiger partial charge in [-0.05, 0) is 55.3 Å². The van der Waals surface area contributed by atoms with Crippen molar-refractivity contribution in [3.63, 3.8) is 0 Å². The van der Waals surface area contributed by atoms with Crippen LogP contribution in [0.2, 0.25) is 5.02 Å². The Bertz CT molecular complexity index is 550. The lowest BCUT2D eigenvalue weighted by molar-refractivity contribution is 1.34. The Balaban J connectivity index is 2.28. The summed E-state index contributed by atoms with van der Waals surface area (Å²) >= 11 is 5.86. The van der Waals surface area contributed by atoms with Gasteiger partial charge in [0.05, 0.1) is 11.4 Å². The lowest BCUT2D eigenvalue weighted by Gasteiger charge is -2.11. The molecule has 0 atom stereocenters. The standard InChI is InChI=1S/C14H15ClN2/c1-9-3-5-12(7-10(9)2)17-14-6-4-11(15)8-13(14)16/h3-8,17H,16H2,1-2H3. The van der Waals surface area contributed by atoms with Gasteiger partial charge in [-0.1, -0.05) is 17.7 Å². The molecule has 3 N–H and O–H groups in total. The van der Waals surface area contributed by atoms with Crippen molar-refractivity contribution in [3.05, 3.63) is 52.5 Å². The van der Waals surface area contributed by atoms with Crippen LogP contribution in [-0.2, 0) is 0 Å². The van der Waals surface area contributed by atoms with E-state index in [1.807, 2.05) is 18.2 Å². The van der Waals surface area contributed by atoms with E-state index in [1.54, 1.807) is 6.07 Å². The summed E-state index contributed by atoms with van der Waals surface area (Å²) in [6.45, 7) is 4.18. The highest BCUT2D eigenvalue weighted by Crippen LogP contribution is 2.26. The molecule has 0 saturated carbocycles. The van der Waals surface area contributed by atoms with Crippen LogP contribution in [0, 0.1) is 13.8 Å². The molecular weight excluding hydrogens is 232 g/mol. The van der Waals surface area contributed by atoms with Crippen molar-refractivity contribution < 1.29 is 0 Å². The van der Waals surface area contributed by atoms with Crippen LogP contribution in [-0.4, -0.2) is 0 Å². The Morgan fingerprint density at radius 2 is 1.76 bits per heavy atom. The van der Waals surface area contributed by atoms with Crippen LogP contribution in [0.1, 0.15) is 11.1 Å². The Labute approximate surface area is 106 Å². The molecular formula is C14H15ClN2. The number of halogens is 1. The van der Waals surface area contributed by atoms with Crippen LogP contribution in [0.4, 0.5) is 17.1 Å². The molecule has 0 saturated heterocycles. The summed E-state index contributed by atoms with van der Waals surface area (Å²) in [5, 5.41) is 3.93. The molecule has 3 heteroatoms. The smallest absolute Gasteiger partial charge is 0.0618 e. The first-order valence-electron chi connectivity index (χ1n) is 5.45. The number of rotatable bonds is 2. The summed E-state index contributed by atoms with van der Waals surface area (Å²) in [6, 6.07) is 11.7. The van der Waals surface area contributed by atoms with Gasteiger partial charge in [0.2, 0.25) is 0 Å². The van der Waals surface area contributed by atoms with E-state index in [0.717, 1.165) is 11.4 Å². The number of hydrogen-bond acceptors (Lipinski definition) is 2. The zero-order valence-electron chi connectivity index (χ0n) is 9.92. The fraction of sp³-hybridized carbons (Fsp3) is 0.143. The van der Waals surface area contributed by atoms with E-state index >= 15 is 0 Å². The van der Waals surface area contributed by atoms with Gasteiger partial charge in [-0.2, -0.15) is 0 Å². The van der Waals surface area contributed by atoms with Crippen LogP contribution in [0.15, 0.2) is 36.4 Å². The van der Waals surface area contributed by atoms with E-state index in [0.29, 0.717) is 10.7 Å². The van der Waals surface area contributed by atoms with Crippen molar-refractivity contribution in [1.82, 2.24) is 0 Å². The first-order valence-corrected chi connectivity index (χ1v) is 5.83. The Morgan fingerprint density at radius 3 is 2.41 bits per heavy atom. The van der Waals surface area contributed by atoms with Gasteiger partial charge in [0.1, 0.15) is 0 Å².